The average Bonchev–Trinajstić information content (AvgIpc) is 2.28. The Hall–Kier alpha value is -0.172. The summed E-state index contributed by atoms with van der Waals surface area (Å²) in [5, 5.41) is 9.45. The summed E-state index contributed by atoms with van der Waals surface area (Å²) in [5.74, 6) is -0.676. The minimum Gasteiger partial charge on any atom is -0.481 e. The zero-order chi connectivity index (χ0) is 14.6. The maximum absolute atomic E-state index is 11.5. The second-order valence-electron chi connectivity index (χ2n) is 5.98. The molecule has 0 aromatic rings. The maximum atomic E-state index is 11.5. The van der Waals surface area contributed by atoms with Crippen LogP contribution in [-0.4, -0.2) is 24.6 Å². The molecule has 0 aliphatic rings. The average molecular weight is 334 g/mol. The molecule has 0 aromatic heterocycles. The fraction of sp³-hybridized carbons (Fsp3) is 0.933. The van der Waals surface area contributed by atoms with Crippen LogP contribution in [0.3, 0.4) is 0 Å². The molecule has 3 nitrogen and oxygen atoms in total. The Morgan fingerprint density at radius 3 is 1.53 bits per heavy atom. The minimum absolute atomic E-state index is 0.320. The Morgan fingerprint density at radius 1 is 0.789 bits per heavy atom. The Bertz CT molecular complexity index is 271. The molecule has 0 unspecified atom stereocenters. The molecule has 0 saturated heterocycles. The van der Waals surface area contributed by atoms with Crippen molar-refractivity contribution in [2.24, 2.45) is 0 Å². The third kappa shape index (κ3) is 17.8. The summed E-state index contributed by atoms with van der Waals surface area (Å²) in [6.45, 7) is 0. The predicted molar refractivity (Wildman–Crippen MR) is 81.4 cm³/mol. The van der Waals surface area contributed by atoms with E-state index in [9.17, 15) is 8.53 Å². The summed E-state index contributed by atoms with van der Waals surface area (Å²) in [6, 6.07) is 0. The van der Waals surface area contributed by atoms with E-state index < -0.39 is 19.5 Å². The molecule has 114 valence electrons. The number of aliphatic carboxylic acids is 1. The van der Waals surface area contributed by atoms with Crippen LogP contribution < -0.4 is 0 Å². The number of unbranched alkanes of at least 4 members (excludes halogenated alkanes) is 9. The van der Waals surface area contributed by atoms with Gasteiger partial charge in [0.15, 0.2) is 0 Å². The molecule has 0 amide bonds. The molecule has 0 atom stereocenters. The number of carboxylic acids is 1. The molecule has 19 heavy (non-hydrogen) atoms. The van der Waals surface area contributed by atoms with Gasteiger partial charge in [-0.15, -0.1) is 0 Å². The van der Waals surface area contributed by atoms with Gasteiger partial charge in [0, 0.05) is 0 Å². The smallest absolute Gasteiger partial charge is 0.481 e. The summed E-state index contributed by atoms with van der Waals surface area (Å²) < 4.78 is 11.5. The zero-order valence-corrected chi connectivity index (χ0v) is 14.6. The molecule has 0 radical (unpaired) electrons. The van der Waals surface area contributed by atoms with E-state index in [-0.39, 0.29) is 0 Å². The SMILES string of the molecule is C[As](C)(=O)CCCCCCCCCCCCC(=O)O. The third-order valence-electron chi connectivity index (χ3n) is 3.34. The summed E-state index contributed by atoms with van der Waals surface area (Å²) in [5.41, 5.74) is 3.87. The summed E-state index contributed by atoms with van der Waals surface area (Å²) >= 11 is -2.36. The first-order chi connectivity index (χ1) is 8.92. The molecule has 4 heteroatoms. The van der Waals surface area contributed by atoms with E-state index in [2.05, 4.69) is 0 Å². The molecule has 1 N–H and O–H groups in total. The minimum atomic E-state index is -2.36. The van der Waals surface area contributed by atoms with Gasteiger partial charge in [0.2, 0.25) is 0 Å². The van der Waals surface area contributed by atoms with Gasteiger partial charge >= 0.3 is 110 Å². The van der Waals surface area contributed by atoms with Crippen molar-refractivity contribution in [2.45, 2.75) is 87.3 Å². The molecule has 0 heterocycles. The molecule has 0 aliphatic heterocycles. The Labute approximate surface area is 120 Å². The monoisotopic (exact) mass is 334 g/mol. The van der Waals surface area contributed by atoms with E-state index in [1.807, 2.05) is 11.4 Å². The van der Waals surface area contributed by atoms with Gasteiger partial charge in [-0.05, 0) is 0 Å². The van der Waals surface area contributed by atoms with E-state index in [1.165, 1.54) is 44.9 Å². The van der Waals surface area contributed by atoms with Crippen molar-refractivity contribution in [1.82, 2.24) is 0 Å². The van der Waals surface area contributed by atoms with Gasteiger partial charge in [0.25, 0.3) is 0 Å². The van der Waals surface area contributed by atoms with Gasteiger partial charge in [0.05, 0.1) is 0 Å². The summed E-state index contributed by atoms with van der Waals surface area (Å²) in [7, 11) is 0. The molecular formula is C15H31AsO3. The molecule has 0 spiro atoms. The fourth-order valence-electron chi connectivity index (χ4n) is 2.18. The van der Waals surface area contributed by atoms with Crippen LogP contribution in [0, 0.1) is 0 Å². The van der Waals surface area contributed by atoms with Crippen LogP contribution in [0.25, 0.3) is 0 Å². The topological polar surface area (TPSA) is 54.4 Å². The number of hydrogen-bond acceptors (Lipinski definition) is 2. The molecule has 0 aromatic carbocycles. The van der Waals surface area contributed by atoms with Crippen molar-refractivity contribution in [3.63, 3.8) is 0 Å². The first-order valence-corrected chi connectivity index (χ1v) is 13.5. The van der Waals surface area contributed by atoms with E-state index in [0.717, 1.165) is 24.5 Å². The first kappa shape index (κ1) is 18.8. The van der Waals surface area contributed by atoms with Gasteiger partial charge in [-0.25, -0.2) is 0 Å². The molecule has 0 saturated carbocycles. The molecule has 0 fully saturated rings. The van der Waals surface area contributed by atoms with Crippen LogP contribution in [0.5, 0.6) is 0 Å². The van der Waals surface area contributed by atoms with Crippen molar-refractivity contribution in [3.05, 3.63) is 0 Å². The normalized spacial score (nSPS) is 11.7. The Balaban J connectivity index is 3.07. The van der Waals surface area contributed by atoms with Crippen molar-refractivity contribution < 1.29 is 13.6 Å². The van der Waals surface area contributed by atoms with Crippen molar-refractivity contribution in [1.29, 1.82) is 0 Å². The Morgan fingerprint density at radius 2 is 1.16 bits per heavy atom. The van der Waals surface area contributed by atoms with E-state index in [1.54, 1.807) is 0 Å². The quantitative estimate of drug-likeness (QED) is 0.381. The van der Waals surface area contributed by atoms with E-state index in [0.29, 0.717) is 6.42 Å². The van der Waals surface area contributed by atoms with Crippen molar-refractivity contribution in [3.8, 4) is 0 Å². The second-order valence-corrected chi connectivity index (χ2v) is 13.5. The molecular weight excluding hydrogens is 303 g/mol. The number of carbonyl (C=O) groups is 1. The van der Waals surface area contributed by atoms with Gasteiger partial charge in [-0.3, -0.25) is 4.79 Å². The van der Waals surface area contributed by atoms with Crippen molar-refractivity contribution >= 4 is 19.5 Å². The standard InChI is InChI=1S/C15H31AsO3/c1-16(2,19)14-12-10-8-6-4-3-5-7-9-11-13-15(17)18/h3-14H2,1-2H3,(H,17,18). The third-order valence-corrected chi connectivity index (χ3v) is 6.26. The number of carboxylic acid groups (broad SMARTS) is 1. The van der Waals surface area contributed by atoms with Crippen LogP contribution in [0.4, 0.5) is 0 Å². The van der Waals surface area contributed by atoms with E-state index >= 15 is 0 Å². The molecule has 0 rings (SSSR count). The van der Waals surface area contributed by atoms with Crippen LogP contribution in [-0.2, 0) is 8.53 Å². The van der Waals surface area contributed by atoms with Crippen LogP contribution >= 0.6 is 0 Å². The summed E-state index contributed by atoms with van der Waals surface area (Å²) in [4.78, 5) is 10.3. The molecule has 0 aliphatic carbocycles. The van der Waals surface area contributed by atoms with Gasteiger partial charge < -0.3 is 5.11 Å². The van der Waals surface area contributed by atoms with Gasteiger partial charge in [-0.1, -0.05) is 0 Å². The van der Waals surface area contributed by atoms with E-state index in [4.69, 9.17) is 5.11 Å². The second kappa shape index (κ2) is 11.6. The van der Waals surface area contributed by atoms with Crippen molar-refractivity contribution in [2.75, 3.05) is 0 Å². The number of rotatable bonds is 13. The zero-order valence-electron chi connectivity index (χ0n) is 12.7. The first-order valence-electron chi connectivity index (χ1n) is 7.67. The van der Waals surface area contributed by atoms with Gasteiger partial charge in [0.1, 0.15) is 0 Å². The summed E-state index contributed by atoms with van der Waals surface area (Å²) in [6.07, 6.45) is 12.1. The number of hydrogen-bond donors (Lipinski definition) is 1. The predicted octanol–water partition coefficient (Wildman–Crippen LogP) is 5.00. The van der Waals surface area contributed by atoms with Crippen LogP contribution in [0.15, 0.2) is 0 Å². The Kier molecular flexibility index (Phi) is 11.5. The van der Waals surface area contributed by atoms with Crippen LogP contribution in [0.2, 0.25) is 16.6 Å². The molecule has 0 bridgehead atoms. The van der Waals surface area contributed by atoms with Crippen LogP contribution in [0.1, 0.15) is 70.6 Å². The van der Waals surface area contributed by atoms with Gasteiger partial charge in [-0.2, -0.15) is 0 Å². The fourth-order valence-corrected chi connectivity index (χ4v) is 4.25.